The summed E-state index contributed by atoms with van der Waals surface area (Å²) >= 11 is 0. The zero-order valence-electron chi connectivity index (χ0n) is 30.5. The van der Waals surface area contributed by atoms with Crippen molar-refractivity contribution in [3.05, 3.63) is 11.6 Å². The highest BCUT2D eigenvalue weighted by atomic mass is 16.8. The lowest BCUT2D eigenvalue weighted by Crippen LogP contribution is -2.62. The molecule has 5 N–H and O–H groups in total. The number of aliphatic hydroxyl groups excluding tert-OH is 4. The molecule has 8 rings (SSSR count). The van der Waals surface area contributed by atoms with Gasteiger partial charge in [0.1, 0.15) is 43.2 Å². The quantitative estimate of drug-likeness (QED) is 0.241. The smallest absolute Gasteiger partial charge is 0.331 e. The van der Waals surface area contributed by atoms with Crippen molar-refractivity contribution in [2.45, 2.75) is 178 Å². The lowest BCUT2D eigenvalue weighted by atomic mass is 9.43. The largest absolute Gasteiger partial charge is 0.458 e. The second-order valence-corrected chi connectivity index (χ2v) is 17.6. The van der Waals surface area contributed by atoms with Gasteiger partial charge >= 0.3 is 5.97 Å². The number of carbonyl (C=O) groups is 1. The Bertz CT molecular complexity index is 1360. The van der Waals surface area contributed by atoms with Crippen LogP contribution in [0.3, 0.4) is 0 Å². The standard InChI is InChI=1S/C38H58O13/c1-17-27(40)28(41)33(46-17)50-32-19(3)48-35(30(32)43)51-31-18(2)47-34(29(31)42)49-22-8-11-36(4)21(15-22)6-7-25-24(36)9-12-37(5)23(10-13-38(25,37)44)20-14-26(39)45-16-20/h14,17-19,21-25,27-35,40-44H,6-13,15-16H2,1-5H3/t17?,18?,19?,21?,22-,23?,24?,25?,27+,28?,29?,30?,31+,32+,33?,34?,35?,36?,37?,38?/m0/s1. The average molecular weight is 723 g/mol. The Morgan fingerprint density at radius 3 is 1.94 bits per heavy atom. The highest BCUT2D eigenvalue weighted by Gasteiger charge is 2.68. The molecule has 4 heterocycles. The lowest BCUT2D eigenvalue weighted by Gasteiger charge is -2.63. The number of fused-ring (bicyclic) bond motifs is 5. The molecule has 4 saturated carbocycles. The molecule has 13 heteroatoms. The van der Waals surface area contributed by atoms with Gasteiger partial charge in [0, 0.05) is 11.5 Å². The van der Waals surface area contributed by atoms with Crippen LogP contribution in [0, 0.1) is 34.5 Å². The van der Waals surface area contributed by atoms with Crippen LogP contribution in [0.4, 0.5) is 0 Å². The molecule has 16 unspecified atom stereocenters. The molecule has 288 valence electrons. The average Bonchev–Trinajstić information content (AvgIpc) is 3.84. The van der Waals surface area contributed by atoms with Crippen LogP contribution < -0.4 is 0 Å². The van der Waals surface area contributed by atoms with Gasteiger partial charge < -0.3 is 58.7 Å². The topological polar surface area (TPSA) is 183 Å². The number of rotatable bonds is 7. The van der Waals surface area contributed by atoms with Gasteiger partial charge in [-0.3, -0.25) is 0 Å². The molecule has 0 radical (unpaired) electrons. The summed E-state index contributed by atoms with van der Waals surface area (Å²) < 4.78 is 41.2. The molecule has 0 aromatic heterocycles. The van der Waals surface area contributed by atoms with Gasteiger partial charge in [0.15, 0.2) is 18.9 Å². The van der Waals surface area contributed by atoms with E-state index in [2.05, 4.69) is 13.8 Å². The van der Waals surface area contributed by atoms with Crippen molar-refractivity contribution in [1.29, 1.82) is 0 Å². The van der Waals surface area contributed by atoms with Crippen LogP contribution >= 0.6 is 0 Å². The molecule has 7 fully saturated rings. The zero-order chi connectivity index (χ0) is 36.2. The molecular weight excluding hydrogens is 664 g/mol. The fourth-order valence-corrected chi connectivity index (χ4v) is 12.1. The molecule has 0 aromatic rings. The molecule has 51 heavy (non-hydrogen) atoms. The van der Waals surface area contributed by atoms with Crippen LogP contribution in [0.5, 0.6) is 0 Å². The Kier molecular flexibility index (Phi) is 9.52. The van der Waals surface area contributed by atoms with E-state index in [9.17, 15) is 30.3 Å². The molecule has 0 bridgehead atoms. The van der Waals surface area contributed by atoms with Crippen molar-refractivity contribution in [2.24, 2.45) is 34.5 Å². The van der Waals surface area contributed by atoms with Crippen molar-refractivity contribution in [3.63, 3.8) is 0 Å². The van der Waals surface area contributed by atoms with E-state index in [1.54, 1.807) is 26.8 Å². The Morgan fingerprint density at radius 1 is 0.706 bits per heavy atom. The van der Waals surface area contributed by atoms with E-state index in [4.69, 9.17) is 33.2 Å². The fourth-order valence-electron chi connectivity index (χ4n) is 12.1. The third kappa shape index (κ3) is 5.79. The van der Waals surface area contributed by atoms with Gasteiger partial charge in [0.05, 0.1) is 30.0 Å². The minimum absolute atomic E-state index is 0.0820. The number of aliphatic hydroxyl groups is 5. The number of hydrogen-bond acceptors (Lipinski definition) is 13. The van der Waals surface area contributed by atoms with Crippen molar-refractivity contribution in [3.8, 4) is 0 Å². The van der Waals surface area contributed by atoms with E-state index in [1.807, 2.05) is 0 Å². The van der Waals surface area contributed by atoms with Gasteiger partial charge in [-0.1, -0.05) is 13.8 Å². The summed E-state index contributed by atoms with van der Waals surface area (Å²) in [5.41, 5.74) is 0.121. The highest BCUT2D eigenvalue weighted by molar-refractivity contribution is 5.85. The number of hydrogen-bond donors (Lipinski definition) is 5. The fraction of sp³-hybridized carbons (Fsp3) is 0.921. The van der Waals surface area contributed by atoms with Crippen LogP contribution in [0.2, 0.25) is 0 Å². The van der Waals surface area contributed by atoms with Gasteiger partial charge in [-0.25, -0.2) is 4.79 Å². The van der Waals surface area contributed by atoms with Gasteiger partial charge in [-0.15, -0.1) is 0 Å². The number of carbonyl (C=O) groups excluding carboxylic acids is 1. The Hall–Kier alpha value is -1.23. The van der Waals surface area contributed by atoms with Gasteiger partial charge in [-0.2, -0.15) is 0 Å². The summed E-state index contributed by atoms with van der Waals surface area (Å²) in [5.74, 6) is 0.993. The Balaban J connectivity index is 0.870. The first-order valence-corrected chi connectivity index (χ1v) is 19.4. The maximum atomic E-state index is 12.5. The summed E-state index contributed by atoms with van der Waals surface area (Å²) in [4.78, 5) is 11.9. The van der Waals surface area contributed by atoms with E-state index < -0.39 is 79.4 Å². The minimum Gasteiger partial charge on any atom is -0.458 e. The summed E-state index contributed by atoms with van der Waals surface area (Å²) in [7, 11) is 0. The van der Waals surface area contributed by atoms with E-state index in [1.165, 1.54) is 0 Å². The first-order chi connectivity index (χ1) is 24.1. The molecule has 3 saturated heterocycles. The molecule has 4 aliphatic carbocycles. The van der Waals surface area contributed by atoms with Crippen molar-refractivity contribution >= 4 is 5.97 Å². The molecule has 13 nitrogen and oxygen atoms in total. The summed E-state index contributed by atoms with van der Waals surface area (Å²) in [6.45, 7) is 10.2. The van der Waals surface area contributed by atoms with Crippen LogP contribution in [0.1, 0.15) is 92.4 Å². The van der Waals surface area contributed by atoms with E-state index in [0.29, 0.717) is 18.4 Å². The summed E-state index contributed by atoms with van der Waals surface area (Å²) in [5, 5.41) is 55.3. The maximum Gasteiger partial charge on any atom is 0.331 e. The van der Waals surface area contributed by atoms with Gasteiger partial charge in [0.25, 0.3) is 0 Å². The van der Waals surface area contributed by atoms with E-state index >= 15 is 0 Å². The van der Waals surface area contributed by atoms with Crippen molar-refractivity contribution < 1.29 is 63.5 Å². The van der Waals surface area contributed by atoms with Crippen LogP contribution in [0.25, 0.3) is 0 Å². The molecular formula is C38H58O13. The summed E-state index contributed by atoms with van der Waals surface area (Å²) in [6.07, 6.45) is -1.42. The third-order valence-electron chi connectivity index (χ3n) is 15.2. The molecule has 8 aliphatic rings. The van der Waals surface area contributed by atoms with Crippen molar-refractivity contribution in [1.82, 2.24) is 0 Å². The van der Waals surface area contributed by atoms with Gasteiger partial charge in [0.2, 0.25) is 0 Å². The minimum atomic E-state index is -1.26. The number of esters is 1. The Morgan fingerprint density at radius 2 is 1.33 bits per heavy atom. The van der Waals surface area contributed by atoms with E-state index in [-0.39, 0.29) is 34.7 Å². The Labute approximate surface area is 299 Å². The van der Waals surface area contributed by atoms with Crippen molar-refractivity contribution in [2.75, 3.05) is 6.61 Å². The normalized spacial score (nSPS) is 56.8. The monoisotopic (exact) mass is 722 g/mol. The second-order valence-electron chi connectivity index (χ2n) is 17.6. The third-order valence-corrected chi connectivity index (χ3v) is 15.2. The van der Waals surface area contributed by atoms with Crippen LogP contribution in [-0.2, 0) is 38.0 Å². The maximum absolute atomic E-state index is 12.5. The first-order valence-electron chi connectivity index (χ1n) is 19.4. The highest BCUT2D eigenvalue weighted by Crippen LogP contribution is 2.70. The first kappa shape index (κ1) is 36.7. The zero-order valence-corrected chi connectivity index (χ0v) is 30.5. The van der Waals surface area contributed by atoms with Gasteiger partial charge in [-0.05, 0) is 113 Å². The predicted octanol–water partition coefficient (Wildman–Crippen LogP) is 2.08. The molecule has 0 aromatic carbocycles. The molecule has 0 amide bonds. The number of cyclic esters (lactones) is 1. The SMILES string of the molecule is CC1OC(O[C@@H]2C(C)OC(O[C@@H]3C(C)OC(O[C@H]4CCC5(C)C(CCC6C5CCC5(C)C(C7=CC(=O)OC7)CCC65O)C4)C3O)C2O)C(O)[C@@H]1O. The molecule has 20 atom stereocenters. The van der Waals surface area contributed by atoms with E-state index in [0.717, 1.165) is 63.4 Å². The lowest BCUT2D eigenvalue weighted by molar-refractivity contribution is -0.231. The second kappa shape index (κ2) is 13.2. The summed E-state index contributed by atoms with van der Waals surface area (Å²) in [6, 6.07) is 0. The molecule has 4 aliphatic heterocycles. The number of ether oxygens (including phenoxy) is 7. The van der Waals surface area contributed by atoms with Crippen LogP contribution in [-0.4, -0.2) is 124 Å². The van der Waals surface area contributed by atoms with Crippen LogP contribution in [0.15, 0.2) is 11.6 Å². The predicted molar refractivity (Wildman–Crippen MR) is 177 cm³/mol. The molecule has 0 spiro atoms.